The van der Waals surface area contributed by atoms with Gasteiger partial charge in [-0.3, -0.25) is 4.79 Å². The number of Topliss-reactive ketones (excluding diaryl/α,β-unsaturated/α-hetero) is 1. The third-order valence-corrected chi connectivity index (χ3v) is 3.14. The summed E-state index contributed by atoms with van der Waals surface area (Å²) in [5.74, 6) is 0.111. The van der Waals surface area contributed by atoms with E-state index in [4.69, 9.17) is 17.3 Å². The number of halogens is 2. The van der Waals surface area contributed by atoms with Gasteiger partial charge in [0.25, 0.3) is 0 Å². The van der Waals surface area contributed by atoms with Gasteiger partial charge >= 0.3 is 0 Å². The second kappa shape index (κ2) is 5.50. The molecule has 92 valence electrons. The van der Waals surface area contributed by atoms with Crippen LogP contribution in [-0.2, 0) is 6.42 Å². The number of ketones is 1. The highest BCUT2D eigenvalue weighted by Gasteiger charge is 2.12. The lowest BCUT2D eigenvalue weighted by Crippen LogP contribution is -2.08. The molecule has 18 heavy (non-hydrogen) atoms. The summed E-state index contributed by atoms with van der Waals surface area (Å²) >= 11 is 9.18. The molecule has 0 fully saturated rings. The molecule has 1 aromatic carbocycles. The number of nitrogens with zero attached hydrogens (tertiary/aromatic N) is 1. The van der Waals surface area contributed by atoms with E-state index >= 15 is 0 Å². The Hall–Kier alpha value is -1.39. The molecule has 0 saturated carbocycles. The molecule has 0 bridgehead atoms. The van der Waals surface area contributed by atoms with E-state index in [-0.39, 0.29) is 18.0 Å². The first-order valence-electron chi connectivity index (χ1n) is 5.25. The zero-order valence-corrected chi connectivity index (χ0v) is 11.7. The first kappa shape index (κ1) is 13.1. The van der Waals surface area contributed by atoms with E-state index in [2.05, 4.69) is 20.9 Å². The fourth-order valence-electron chi connectivity index (χ4n) is 1.60. The van der Waals surface area contributed by atoms with E-state index in [0.29, 0.717) is 10.6 Å². The molecule has 0 radical (unpaired) electrons. The van der Waals surface area contributed by atoms with Gasteiger partial charge < -0.3 is 5.73 Å². The molecule has 2 N–H and O–H groups in total. The number of hydrogen-bond donors (Lipinski definition) is 1. The van der Waals surface area contributed by atoms with Crippen molar-refractivity contribution >= 4 is 39.1 Å². The molecule has 1 heterocycles. The fraction of sp³-hybridized carbons (Fsp3) is 0.0769. The molecule has 0 aliphatic carbocycles. The number of carbonyl (C=O) groups excluding carboxylic acids is 1. The van der Waals surface area contributed by atoms with Gasteiger partial charge in [0, 0.05) is 17.1 Å². The van der Waals surface area contributed by atoms with Crippen LogP contribution in [0, 0.1) is 0 Å². The molecular formula is C13H10BrClN2O. The van der Waals surface area contributed by atoms with Crippen LogP contribution in [0.4, 0.5) is 5.82 Å². The third kappa shape index (κ3) is 3.09. The van der Waals surface area contributed by atoms with Gasteiger partial charge in [-0.15, -0.1) is 0 Å². The minimum absolute atomic E-state index is 0.0967. The van der Waals surface area contributed by atoms with E-state index in [0.717, 1.165) is 10.0 Å². The summed E-state index contributed by atoms with van der Waals surface area (Å²) in [6.07, 6.45) is 1.69. The Labute approximate surface area is 118 Å². The topological polar surface area (TPSA) is 56.0 Å². The van der Waals surface area contributed by atoms with E-state index < -0.39 is 0 Å². The number of hydrogen-bond acceptors (Lipinski definition) is 3. The highest BCUT2D eigenvalue weighted by molar-refractivity contribution is 9.10. The van der Waals surface area contributed by atoms with Crippen LogP contribution in [0.1, 0.15) is 15.9 Å². The van der Waals surface area contributed by atoms with Gasteiger partial charge in [-0.05, 0) is 23.8 Å². The fourth-order valence-corrected chi connectivity index (χ4v) is 2.21. The molecule has 0 atom stereocenters. The third-order valence-electron chi connectivity index (χ3n) is 2.44. The Bertz CT molecular complexity index is 601. The van der Waals surface area contributed by atoms with Crippen LogP contribution in [-0.4, -0.2) is 10.8 Å². The zero-order chi connectivity index (χ0) is 13.1. The normalized spacial score (nSPS) is 10.3. The zero-order valence-electron chi connectivity index (χ0n) is 9.36. The molecule has 0 aliphatic heterocycles. The monoisotopic (exact) mass is 324 g/mol. The van der Waals surface area contributed by atoms with Crippen molar-refractivity contribution in [3.8, 4) is 0 Å². The lowest BCUT2D eigenvalue weighted by molar-refractivity contribution is 0.0993. The lowest BCUT2D eigenvalue weighted by atomic mass is 10.0. The second-order valence-corrected chi connectivity index (χ2v) is 5.17. The summed E-state index contributed by atoms with van der Waals surface area (Å²) in [5, 5.41) is 0.404. The molecule has 2 rings (SSSR count). The van der Waals surface area contributed by atoms with Crippen LogP contribution in [0.25, 0.3) is 0 Å². The number of benzene rings is 1. The Morgan fingerprint density at radius 3 is 2.89 bits per heavy atom. The first-order chi connectivity index (χ1) is 8.56. The number of aromatic nitrogens is 1. The quantitative estimate of drug-likeness (QED) is 0.879. The number of nitrogen functional groups attached to an aromatic ring is 1. The van der Waals surface area contributed by atoms with Crippen molar-refractivity contribution in [3.05, 3.63) is 57.2 Å². The van der Waals surface area contributed by atoms with Crippen molar-refractivity contribution in [1.82, 2.24) is 4.98 Å². The van der Waals surface area contributed by atoms with Crippen molar-refractivity contribution in [3.63, 3.8) is 0 Å². The number of pyridine rings is 1. The maximum absolute atomic E-state index is 12.1. The average Bonchev–Trinajstić information content (AvgIpc) is 2.32. The average molecular weight is 326 g/mol. The number of carbonyl (C=O) groups is 1. The van der Waals surface area contributed by atoms with Crippen LogP contribution >= 0.6 is 27.5 Å². The highest BCUT2D eigenvalue weighted by atomic mass is 79.9. The van der Waals surface area contributed by atoms with Gasteiger partial charge in [-0.2, -0.15) is 0 Å². The minimum atomic E-state index is -0.0967. The first-order valence-corrected chi connectivity index (χ1v) is 6.42. The Kier molecular flexibility index (Phi) is 3.99. The standard InChI is InChI=1S/C13H10BrClN2O/c14-9-3-1-2-8(4-9)5-12(18)11-6-10(15)7-17-13(11)16/h1-4,6-7H,5H2,(H2,16,17). The molecule has 0 amide bonds. The molecule has 0 unspecified atom stereocenters. The van der Waals surface area contributed by atoms with E-state index in [1.807, 2.05) is 24.3 Å². The van der Waals surface area contributed by atoms with Crippen LogP contribution < -0.4 is 5.73 Å². The van der Waals surface area contributed by atoms with Crippen molar-refractivity contribution < 1.29 is 4.79 Å². The molecule has 0 aliphatic rings. The van der Waals surface area contributed by atoms with Crippen molar-refractivity contribution in [2.24, 2.45) is 0 Å². The Morgan fingerprint density at radius 1 is 1.39 bits per heavy atom. The second-order valence-electron chi connectivity index (χ2n) is 3.82. The van der Waals surface area contributed by atoms with Crippen molar-refractivity contribution in [2.75, 3.05) is 5.73 Å². The predicted octanol–water partition coefficient (Wildman–Crippen LogP) is 3.51. The van der Waals surface area contributed by atoms with E-state index in [1.54, 1.807) is 6.07 Å². The smallest absolute Gasteiger partial charge is 0.170 e. The van der Waals surface area contributed by atoms with Crippen molar-refractivity contribution in [2.45, 2.75) is 6.42 Å². The predicted molar refractivity (Wildman–Crippen MR) is 75.8 cm³/mol. The van der Waals surface area contributed by atoms with Crippen LogP contribution in [0.15, 0.2) is 41.0 Å². The Morgan fingerprint density at radius 2 is 2.17 bits per heavy atom. The molecule has 5 heteroatoms. The van der Waals surface area contributed by atoms with E-state index in [9.17, 15) is 4.79 Å². The van der Waals surface area contributed by atoms with Gasteiger partial charge in [-0.1, -0.05) is 39.7 Å². The molecule has 2 aromatic rings. The van der Waals surface area contributed by atoms with Gasteiger partial charge in [0.15, 0.2) is 5.78 Å². The van der Waals surface area contributed by atoms with Gasteiger partial charge in [0.2, 0.25) is 0 Å². The minimum Gasteiger partial charge on any atom is -0.383 e. The Balaban J connectivity index is 2.24. The van der Waals surface area contributed by atoms with E-state index in [1.165, 1.54) is 6.20 Å². The summed E-state index contributed by atoms with van der Waals surface area (Å²) in [5.41, 5.74) is 6.95. The number of nitrogens with two attached hydrogens (primary N) is 1. The molecular weight excluding hydrogens is 316 g/mol. The SMILES string of the molecule is Nc1ncc(Cl)cc1C(=O)Cc1cccc(Br)c1. The molecule has 1 aromatic heterocycles. The van der Waals surface area contributed by atoms with Gasteiger partial charge in [0.05, 0.1) is 10.6 Å². The summed E-state index contributed by atoms with van der Waals surface area (Å²) in [7, 11) is 0. The largest absolute Gasteiger partial charge is 0.383 e. The highest BCUT2D eigenvalue weighted by Crippen LogP contribution is 2.18. The van der Waals surface area contributed by atoms with Gasteiger partial charge in [-0.25, -0.2) is 4.98 Å². The van der Waals surface area contributed by atoms with Crippen molar-refractivity contribution in [1.29, 1.82) is 0 Å². The lowest BCUT2D eigenvalue weighted by Gasteiger charge is -2.05. The van der Waals surface area contributed by atoms with Crippen LogP contribution in [0.5, 0.6) is 0 Å². The number of anilines is 1. The van der Waals surface area contributed by atoms with Gasteiger partial charge in [0.1, 0.15) is 5.82 Å². The summed E-state index contributed by atoms with van der Waals surface area (Å²) in [4.78, 5) is 16.0. The van der Waals surface area contributed by atoms with Crippen LogP contribution in [0.3, 0.4) is 0 Å². The molecule has 0 saturated heterocycles. The maximum atomic E-state index is 12.1. The molecule has 0 spiro atoms. The summed E-state index contributed by atoms with van der Waals surface area (Å²) in [6, 6.07) is 9.11. The number of rotatable bonds is 3. The van der Waals surface area contributed by atoms with Crippen LogP contribution in [0.2, 0.25) is 5.02 Å². The summed E-state index contributed by atoms with van der Waals surface area (Å²) < 4.78 is 0.935. The maximum Gasteiger partial charge on any atom is 0.170 e. The summed E-state index contributed by atoms with van der Waals surface area (Å²) in [6.45, 7) is 0. The molecule has 3 nitrogen and oxygen atoms in total.